The molecule has 1 atom stereocenters. The van der Waals surface area contributed by atoms with Gasteiger partial charge in [-0.05, 0) is 37.0 Å². The van der Waals surface area contributed by atoms with Gasteiger partial charge in [-0.25, -0.2) is 0 Å². The first-order valence-electron chi connectivity index (χ1n) is 8.24. The first kappa shape index (κ1) is 18.9. The number of methoxy groups -OCH3 is 1. The van der Waals surface area contributed by atoms with Crippen molar-refractivity contribution in [3.63, 3.8) is 0 Å². The number of rotatable bonds is 11. The fourth-order valence-electron chi connectivity index (χ4n) is 2.78. The Balaban J connectivity index is 2.70. The van der Waals surface area contributed by atoms with E-state index in [1.54, 1.807) is 7.11 Å². The number of ether oxygens (including phenoxy) is 2. The zero-order valence-corrected chi connectivity index (χ0v) is 14.2. The van der Waals surface area contributed by atoms with Crippen molar-refractivity contribution in [1.82, 2.24) is 0 Å². The zero-order chi connectivity index (χ0) is 16.4. The summed E-state index contributed by atoms with van der Waals surface area (Å²) < 4.78 is 11.8. The normalized spacial score (nSPS) is 13.1. The van der Waals surface area contributed by atoms with Gasteiger partial charge in [0.15, 0.2) is 0 Å². The van der Waals surface area contributed by atoms with E-state index in [2.05, 4.69) is 13.8 Å². The fraction of sp³-hybridized carbons (Fsp3) is 0.667. The predicted molar refractivity (Wildman–Crippen MR) is 90.3 cm³/mol. The zero-order valence-electron chi connectivity index (χ0n) is 14.2. The molecule has 1 rings (SSSR count). The lowest BCUT2D eigenvalue weighted by atomic mass is 9.93. The smallest absolute Gasteiger partial charge is 0.119 e. The fourth-order valence-corrected chi connectivity index (χ4v) is 2.78. The molecule has 0 fully saturated rings. The Morgan fingerprint density at radius 3 is 2.45 bits per heavy atom. The van der Waals surface area contributed by atoms with Gasteiger partial charge in [-0.2, -0.15) is 0 Å². The van der Waals surface area contributed by atoms with Crippen LogP contribution >= 0.6 is 0 Å². The van der Waals surface area contributed by atoms with E-state index in [1.165, 1.54) is 0 Å². The van der Waals surface area contributed by atoms with Crippen LogP contribution in [0.5, 0.6) is 5.75 Å². The topological polar surface area (TPSA) is 64.7 Å². The summed E-state index contributed by atoms with van der Waals surface area (Å²) in [5, 5.41) is 9.65. The highest BCUT2D eigenvalue weighted by molar-refractivity contribution is 5.29. The van der Waals surface area contributed by atoms with Crippen LogP contribution in [0, 0.1) is 0 Å². The Hall–Kier alpha value is -1.10. The first-order chi connectivity index (χ1) is 10.6. The molecule has 0 bridgehead atoms. The molecule has 4 heteroatoms. The summed E-state index contributed by atoms with van der Waals surface area (Å²) >= 11 is 0. The van der Waals surface area contributed by atoms with Crippen LogP contribution in [-0.4, -0.2) is 37.1 Å². The molecule has 0 radical (unpaired) electrons. The van der Waals surface area contributed by atoms with Crippen LogP contribution in [0.2, 0.25) is 0 Å². The molecule has 0 spiro atoms. The van der Waals surface area contributed by atoms with Crippen LogP contribution in [0.25, 0.3) is 0 Å². The van der Waals surface area contributed by atoms with Crippen LogP contribution in [0.15, 0.2) is 24.3 Å². The van der Waals surface area contributed by atoms with E-state index in [0.717, 1.165) is 37.0 Å². The van der Waals surface area contributed by atoms with Gasteiger partial charge in [0.05, 0.1) is 6.10 Å². The Labute approximate surface area is 134 Å². The molecule has 0 aliphatic heterocycles. The maximum Gasteiger partial charge on any atom is 0.119 e. The lowest BCUT2D eigenvalue weighted by molar-refractivity contribution is -0.0572. The lowest BCUT2D eigenvalue weighted by Crippen LogP contribution is -2.38. The largest absolute Gasteiger partial charge is 0.491 e. The summed E-state index contributed by atoms with van der Waals surface area (Å²) in [4.78, 5) is 0. The van der Waals surface area contributed by atoms with Crippen molar-refractivity contribution in [2.75, 3.05) is 20.3 Å². The molecule has 0 aliphatic rings. The van der Waals surface area contributed by atoms with E-state index in [-0.39, 0.29) is 12.1 Å². The van der Waals surface area contributed by atoms with Gasteiger partial charge in [0, 0.05) is 13.7 Å². The van der Waals surface area contributed by atoms with E-state index < -0.39 is 6.10 Å². The second kappa shape index (κ2) is 9.82. The van der Waals surface area contributed by atoms with E-state index >= 15 is 0 Å². The van der Waals surface area contributed by atoms with E-state index in [9.17, 15) is 5.11 Å². The average molecular weight is 309 g/mol. The van der Waals surface area contributed by atoms with Gasteiger partial charge >= 0.3 is 0 Å². The van der Waals surface area contributed by atoms with Gasteiger partial charge in [0.1, 0.15) is 18.0 Å². The molecular weight excluding hydrogens is 278 g/mol. The summed E-state index contributed by atoms with van der Waals surface area (Å²) in [7, 11) is 1.77. The van der Waals surface area contributed by atoms with Gasteiger partial charge in [0.25, 0.3) is 0 Å². The van der Waals surface area contributed by atoms with Crippen molar-refractivity contribution in [3.8, 4) is 5.75 Å². The van der Waals surface area contributed by atoms with Crippen molar-refractivity contribution in [2.24, 2.45) is 5.73 Å². The first-order valence-corrected chi connectivity index (χ1v) is 8.24. The van der Waals surface area contributed by atoms with Crippen molar-refractivity contribution < 1.29 is 14.6 Å². The number of nitrogens with two attached hydrogens (primary N) is 1. The van der Waals surface area contributed by atoms with Crippen LogP contribution < -0.4 is 10.5 Å². The highest BCUT2D eigenvalue weighted by atomic mass is 16.5. The molecule has 3 N–H and O–H groups in total. The molecule has 0 heterocycles. The summed E-state index contributed by atoms with van der Waals surface area (Å²) in [6.07, 6.45) is 4.16. The number of hydrogen-bond acceptors (Lipinski definition) is 4. The number of benzene rings is 1. The quantitative estimate of drug-likeness (QED) is 0.659. The highest BCUT2D eigenvalue weighted by Crippen LogP contribution is 2.25. The minimum Gasteiger partial charge on any atom is -0.491 e. The summed E-state index contributed by atoms with van der Waals surface area (Å²) in [6.45, 7) is 5.15. The minimum atomic E-state index is -0.506. The molecule has 0 amide bonds. The van der Waals surface area contributed by atoms with Crippen LogP contribution in [0.4, 0.5) is 0 Å². The molecule has 0 saturated carbocycles. The van der Waals surface area contributed by atoms with Gasteiger partial charge in [-0.1, -0.05) is 38.8 Å². The molecule has 1 aromatic rings. The standard InChI is InChI=1S/C18H31NO3/c1-4-9-18(21-3,10-5-2)14-22-17-8-6-7-15(12-17)11-16(20)13-19/h6-8,12,16,20H,4-5,9-11,13-14,19H2,1-3H3. The molecule has 4 nitrogen and oxygen atoms in total. The average Bonchev–Trinajstić information content (AvgIpc) is 2.53. The van der Waals surface area contributed by atoms with E-state index in [0.29, 0.717) is 13.0 Å². The van der Waals surface area contributed by atoms with E-state index in [1.807, 2.05) is 24.3 Å². The molecule has 0 saturated heterocycles. The number of aliphatic hydroxyl groups is 1. The molecule has 1 aromatic carbocycles. The number of hydrogen-bond donors (Lipinski definition) is 2. The van der Waals surface area contributed by atoms with Crippen LogP contribution in [0.3, 0.4) is 0 Å². The summed E-state index contributed by atoms with van der Waals surface area (Å²) in [5.74, 6) is 0.815. The Kier molecular flexibility index (Phi) is 8.46. The lowest BCUT2D eigenvalue weighted by Gasteiger charge is -2.32. The third kappa shape index (κ3) is 5.95. The summed E-state index contributed by atoms with van der Waals surface area (Å²) in [6, 6.07) is 7.84. The Bertz CT molecular complexity index is 417. The highest BCUT2D eigenvalue weighted by Gasteiger charge is 2.29. The van der Waals surface area contributed by atoms with Crippen molar-refractivity contribution >= 4 is 0 Å². The molecule has 0 aromatic heterocycles. The number of aliphatic hydroxyl groups excluding tert-OH is 1. The van der Waals surface area contributed by atoms with Crippen molar-refractivity contribution in [2.45, 2.75) is 57.7 Å². The molecule has 1 unspecified atom stereocenters. The Morgan fingerprint density at radius 2 is 1.91 bits per heavy atom. The molecular formula is C18H31NO3. The monoisotopic (exact) mass is 309 g/mol. The van der Waals surface area contributed by atoms with Crippen LogP contribution in [-0.2, 0) is 11.2 Å². The second-order valence-corrected chi connectivity index (χ2v) is 5.92. The third-order valence-electron chi connectivity index (χ3n) is 3.99. The molecule has 126 valence electrons. The van der Waals surface area contributed by atoms with Crippen LogP contribution in [0.1, 0.15) is 45.1 Å². The van der Waals surface area contributed by atoms with E-state index in [4.69, 9.17) is 15.2 Å². The van der Waals surface area contributed by atoms with Gasteiger partial charge in [-0.3, -0.25) is 0 Å². The SMILES string of the molecule is CCCC(CCC)(COc1cccc(CC(O)CN)c1)OC. The summed E-state index contributed by atoms with van der Waals surface area (Å²) in [5.41, 5.74) is 6.28. The van der Waals surface area contributed by atoms with Gasteiger partial charge < -0.3 is 20.3 Å². The molecule has 0 aliphatic carbocycles. The maximum absolute atomic E-state index is 9.65. The minimum absolute atomic E-state index is 0.212. The molecule has 22 heavy (non-hydrogen) atoms. The van der Waals surface area contributed by atoms with Crippen molar-refractivity contribution in [1.29, 1.82) is 0 Å². The predicted octanol–water partition coefficient (Wildman–Crippen LogP) is 2.91. The second-order valence-electron chi connectivity index (χ2n) is 5.92. The van der Waals surface area contributed by atoms with Crippen molar-refractivity contribution in [3.05, 3.63) is 29.8 Å². The third-order valence-corrected chi connectivity index (χ3v) is 3.99. The van der Waals surface area contributed by atoms with Gasteiger partial charge in [0.2, 0.25) is 0 Å². The van der Waals surface area contributed by atoms with Gasteiger partial charge in [-0.15, -0.1) is 0 Å². The maximum atomic E-state index is 9.65. The Morgan fingerprint density at radius 1 is 1.23 bits per heavy atom.